The van der Waals surface area contributed by atoms with E-state index >= 15 is 0 Å². The van der Waals surface area contributed by atoms with E-state index in [4.69, 9.17) is 0 Å². The van der Waals surface area contributed by atoms with E-state index in [1.54, 1.807) is 0 Å². The molecule has 0 aliphatic rings. The Hall–Kier alpha value is 1.83. The van der Waals surface area contributed by atoms with Gasteiger partial charge >= 0.3 is 0 Å². The summed E-state index contributed by atoms with van der Waals surface area (Å²) in [5.41, 5.74) is 0. The second kappa shape index (κ2) is 29.0. The molecule has 0 bridgehead atoms. The van der Waals surface area contributed by atoms with Crippen LogP contribution in [0.3, 0.4) is 0 Å². The molecule has 0 atom stereocenters. The molecule has 0 unspecified atom stereocenters. The number of halogens is 2. The Morgan fingerprint density at radius 2 is 1.00 bits per heavy atom. The summed E-state index contributed by atoms with van der Waals surface area (Å²) in [4.78, 5) is 0. The van der Waals surface area contributed by atoms with Crippen molar-refractivity contribution in [2.75, 3.05) is 0 Å². The van der Waals surface area contributed by atoms with Gasteiger partial charge in [-0.2, -0.15) is 0 Å². The molecular formula is C3H7Br2In-2. The molecule has 0 amide bonds. The van der Waals surface area contributed by atoms with Crippen LogP contribution in [-0.4, -0.2) is 25.8 Å². The minimum Gasteiger partial charge on any atom is -1.00 e. The van der Waals surface area contributed by atoms with Gasteiger partial charge in [-0.25, -0.2) is 0 Å². The first-order chi connectivity index (χ1) is 1.41. The second-order valence-corrected chi connectivity index (χ2v) is 0.577. The van der Waals surface area contributed by atoms with Gasteiger partial charge in [0.2, 0.25) is 0 Å². The Bertz CT molecular complexity index is 8.75. The smallest absolute Gasteiger partial charge is 0 e. The Balaban J connectivity index is -0.00000000667. The maximum absolute atomic E-state index is 2.00. The molecular weight excluding hydrogens is 311 g/mol. The van der Waals surface area contributed by atoms with Gasteiger partial charge < -0.3 is 34.0 Å². The summed E-state index contributed by atoms with van der Waals surface area (Å²) in [5, 5.41) is 0. The second-order valence-electron chi connectivity index (χ2n) is 0.577. The molecule has 6 heavy (non-hydrogen) atoms. The third kappa shape index (κ3) is 40.6. The fraction of sp³-hybridized carbons (Fsp3) is 0.667. The van der Waals surface area contributed by atoms with Gasteiger partial charge in [0.1, 0.15) is 0 Å². The van der Waals surface area contributed by atoms with Crippen LogP contribution in [0.5, 0.6) is 0 Å². The maximum atomic E-state index is 2.00. The first-order valence-electron chi connectivity index (χ1n) is 1.15. The predicted molar refractivity (Wildman–Crippen MR) is 21.4 cm³/mol. The van der Waals surface area contributed by atoms with E-state index in [0.717, 1.165) is 0 Å². The van der Waals surface area contributed by atoms with Gasteiger partial charge in [-0.15, -0.1) is 0 Å². The van der Waals surface area contributed by atoms with Crippen molar-refractivity contribution in [2.45, 2.75) is 13.8 Å². The molecule has 0 nitrogen and oxygen atoms in total. The first kappa shape index (κ1) is 24.9. The van der Waals surface area contributed by atoms with Crippen molar-refractivity contribution >= 4 is 25.8 Å². The molecule has 0 fully saturated rings. The van der Waals surface area contributed by atoms with Gasteiger partial charge in [0, 0.05) is 25.8 Å². The van der Waals surface area contributed by atoms with Gasteiger partial charge in [0.15, 0.2) is 0 Å². The molecule has 0 spiro atoms. The summed E-state index contributed by atoms with van der Waals surface area (Å²) in [6.45, 7) is 4.00. The Morgan fingerprint density at radius 1 is 1.00 bits per heavy atom. The molecule has 0 aromatic rings. The van der Waals surface area contributed by atoms with Crippen LogP contribution in [0.4, 0.5) is 0 Å². The average molecular weight is 318 g/mol. The van der Waals surface area contributed by atoms with Crippen molar-refractivity contribution in [3.63, 3.8) is 0 Å². The zero-order valence-electron chi connectivity index (χ0n) is 3.91. The Labute approximate surface area is 79.4 Å². The summed E-state index contributed by atoms with van der Waals surface area (Å²) < 4.78 is 0. The van der Waals surface area contributed by atoms with Gasteiger partial charge in [0.25, 0.3) is 0 Å². The minimum atomic E-state index is 0. The Morgan fingerprint density at radius 3 is 1.00 bits per heavy atom. The maximum Gasteiger partial charge on any atom is 0 e. The topological polar surface area (TPSA) is 0 Å². The SMILES string of the molecule is C[CH]C.[Br-].[Br-].[In]. The van der Waals surface area contributed by atoms with E-state index in [-0.39, 0.29) is 59.8 Å². The largest absolute Gasteiger partial charge is 1.00 e. The molecule has 38 valence electrons. The zero-order valence-corrected chi connectivity index (χ0v) is 10.4. The molecule has 0 saturated heterocycles. The first-order valence-corrected chi connectivity index (χ1v) is 1.15. The van der Waals surface area contributed by atoms with E-state index < -0.39 is 0 Å². The number of rotatable bonds is 0. The van der Waals surface area contributed by atoms with Crippen LogP contribution in [0, 0.1) is 6.42 Å². The van der Waals surface area contributed by atoms with Crippen molar-refractivity contribution in [3.05, 3.63) is 6.42 Å². The fourth-order valence-corrected chi connectivity index (χ4v) is 0. The van der Waals surface area contributed by atoms with Crippen LogP contribution in [-0.2, 0) is 0 Å². The molecule has 0 saturated carbocycles. The quantitative estimate of drug-likeness (QED) is 0.419. The van der Waals surface area contributed by atoms with Crippen LogP contribution in [0.2, 0.25) is 0 Å². The normalized spacial score (nSPS) is 3.00. The molecule has 4 radical (unpaired) electrons. The zero-order chi connectivity index (χ0) is 2.71. The van der Waals surface area contributed by atoms with E-state index in [2.05, 4.69) is 0 Å². The number of hydrogen-bond donors (Lipinski definition) is 0. The summed E-state index contributed by atoms with van der Waals surface area (Å²) in [5.74, 6) is 0. The van der Waals surface area contributed by atoms with E-state index in [1.807, 2.05) is 20.3 Å². The van der Waals surface area contributed by atoms with Gasteiger partial charge in [-0.3, -0.25) is 0 Å². The van der Waals surface area contributed by atoms with Crippen molar-refractivity contribution in [2.24, 2.45) is 0 Å². The van der Waals surface area contributed by atoms with Gasteiger partial charge in [-0.1, -0.05) is 13.8 Å². The molecule has 0 N–H and O–H groups in total. The summed E-state index contributed by atoms with van der Waals surface area (Å²) >= 11 is 0. The molecule has 0 aliphatic heterocycles. The van der Waals surface area contributed by atoms with Crippen molar-refractivity contribution in [1.82, 2.24) is 0 Å². The van der Waals surface area contributed by atoms with E-state index in [9.17, 15) is 0 Å². The van der Waals surface area contributed by atoms with Gasteiger partial charge in [-0.05, 0) is 6.42 Å². The molecule has 0 aromatic carbocycles. The summed E-state index contributed by atoms with van der Waals surface area (Å²) in [7, 11) is 0. The van der Waals surface area contributed by atoms with E-state index in [0.29, 0.717) is 0 Å². The summed E-state index contributed by atoms with van der Waals surface area (Å²) in [6.07, 6.45) is 2.00. The third-order valence-corrected chi connectivity index (χ3v) is 0. The number of hydrogen-bond acceptors (Lipinski definition) is 0. The van der Waals surface area contributed by atoms with Crippen molar-refractivity contribution in [1.29, 1.82) is 0 Å². The standard InChI is InChI=1S/C3H7.2BrH.In/c1-3-2;;;/h3H,1-2H3;2*1H;/p-2. The average Bonchev–Trinajstić information content (AvgIpc) is 0.918. The monoisotopic (exact) mass is 316 g/mol. The van der Waals surface area contributed by atoms with E-state index in [1.165, 1.54) is 0 Å². The van der Waals surface area contributed by atoms with Crippen LogP contribution in [0.15, 0.2) is 0 Å². The van der Waals surface area contributed by atoms with Crippen LogP contribution < -0.4 is 34.0 Å². The Kier molecular flexibility index (Phi) is 120. The van der Waals surface area contributed by atoms with Crippen molar-refractivity contribution < 1.29 is 34.0 Å². The van der Waals surface area contributed by atoms with Crippen molar-refractivity contribution in [3.8, 4) is 0 Å². The van der Waals surface area contributed by atoms with Crippen LogP contribution in [0.1, 0.15) is 13.8 Å². The molecule has 0 aliphatic carbocycles. The molecule has 0 aromatic heterocycles. The third-order valence-electron chi connectivity index (χ3n) is 0. The predicted octanol–water partition coefficient (Wildman–Crippen LogP) is -5.14. The molecule has 0 rings (SSSR count). The molecule has 3 heteroatoms. The van der Waals surface area contributed by atoms with Crippen LogP contribution in [0.25, 0.3) is 0 Å². The van der Waals surface area contributed by atoms with Gasteiger partial charge in [0.05, 0.1) is 0 Å². The fourth-order valence-electron chi connectivity index (χ4n) is 0. The van der Waals surface area contributed by atoms with Crippen LogP contribution >= 0.6 is 0 Å². The minimum absolute atomic E-state index is 0. The summed E-state index contributed by atoms with van der Waals surface area (Å²) in [6, 6.07) is 0. The molecule has 0 heterocycles.